The van der Waals surface area contributed by atoms with Crippen LogP contribution in [0.4, 0.5) is 5.82 Å². The molecule has 5 heterocycles. The molecule has 0 spiro atoms. The SMILES string of the molecule is O=C(NCCc1cn[nH]n1)c1csc2nc(-c3ccccn3)nc(N3CCOCC3)c12. The van der Waals surface area contributed by atoms with Gasteiger partial charge in [-0.1, -0.05) is 6.07 Å². The number of ether oxygens (including phenoxy) is 1. The Morgan fingerprint density at radius 2 is 2.16 bits per heavy atom. The maximum atomic E-state index is 13.0. The number of hydrogen-bond acceptors (Lipinski definition) is 9. The van der Waals surface area contributed by atoms with Crippen LogP contribution in [-0.4, -0.2) is 69.1 Å². The zero-order valence-corrected chi connectivity index (χ0v) is 17.4. The molecule has 4 aromatic rings. The Bertz CT molecular complexity index is 1170. The Morgan fingerprint density at radius 1 is 1.26 bits per heavy atom. The number of H-pyrrole nitrogens is 1. The largest absolute Gasteiger partial charge is 0.378 e. The standard InChI is InChI=1S/C20H20N8O2S/c29-19(22-6-4-13-11-23-27-26-13)14-12-31-20-16(14)18(28-7-9-30-10-8-28)24-17(25-20)15-3-1-2-5-21-15/h1-3,5,11-12H,4,6-10H2,(H,22,29)(H,23,26,27). The van der Waals surface area contributed by atoms with Crippen molar-refractivity contribution in [3.63, 3.8) is 0 Å². The number of thiophene rings is 1. The molecule has 0 saturated carbocycles. The van der Waals surface area contributed by atoms with Gasteiger partial charge in [0.2, 0.25) is 0 Å². The minimum Gasteiger partial charge on any atom is -0.378 e. The summed E-state index contributed by atoms with van der Waals surface area (Å²) in [5.41, 5.74) is 2.08. The highest BCUT2D eigenvalue weighted by Crippen LogP contribution is 2.34. The zero-order valence-electron chi connectivity index (χ0n) is 16.6. The quantitative estimate of drug-likeness (QED) is 0.468. The second kappa shape index (κ2) is 8.74. The molecule has 5 rings (SSSR count). The highest BCUT2D eigenvalue weighted by atomic mass is 32.1. The van der Waals surface area contributed by atoms with Crippen LogP contribution in [-0.2, 0) is 11.2 Å². The fourth-order valence-electron chi connectivity index (χ4n) is 3.45. The Balaban J connectivity index is 1.49. The number of fused-ring (bicyclic) bond motifs is 1. The predicted octanol–water partition coefficient (Wildman–Crippen LogP) is 1.68. The number of rotatable bonds is 6. The minimum atomic E-state index is -0.154. The number of carbonyl (C=O) groups excluding carboxylic acids is 1. The molecule has 1 amide bonds. The molecule has 158 valence electrons. The molecule has 10 nitrogen and oxygen atoms in total. The molecule has 0 atom stereocenters. The van der Waals surface area contributed by atoms with Gasteiger partial charge in [-0.05, 0) is 12.1 Å². The lowest BCUT2D eigenvalue weighted by molar-refractivity contribution is 0.0956. The maximum Gasteiger partial charge on any atom is 0.252 e. The summed E-state index contributed by atoms with van der Waals surface area (Å²) in [6.45, 7) is 3.11. The number of nitrogens with zero attached hydrogens (tertiary/aromatic N) is 6. The van der Waals surface area contributed by atoms with Crippen LogP contribution in [0.2, 0.25) is 0 Å². The molecular formula is C20H20N8O2S. The van der Waals surface area contributed by atoms with Crippen LogP contribution in [0.5, 0.6) is 0 Å². The number of aromatic nitrogens is 6. The van der Waals surface area contributed by atoms with Crippen molar-refractivity contribution in [3.05, 3.63) is 47.2 Å². The van der Waals surface area contributed by atoms with Gasteiger partial charge in [0.05, 0.1) is 36.1 Å². The summed E-state index contributed by atoms with van der Waals surface area (Å²) in [4.78, 5) is 29.8. The Hall–Kier alpha value is -3.44. The van der Waals surface area contributed by atoms with Crippen LogP contribution in [0, 0.1) is 0 Å². The van der Waals surface area contributed by atoms with E-state index in [9.17, 15) is 4.79 Å². The second-order valence-corrected chi connectivity index (χ2v) is 7.84. The summed E-state index contributed by atoms with van der Waals surface area (Å²) in [6, 6.07) is 5.65. The summed E-state index contributed by atoms with van der Waals surface area (Å²) in [6.07, 6.45) is 3.97. The van der Waals surface area contributed by atoms with Crippen LogP contribution < -0.4 is 10.2 Å². The highest BCUT2D eigenvalue weighted by molar-refractivity contribution is 7.17. The molecule has 2 N–H and O–H groups in total. The number of amides is 1. The molecule has 0 unspecified atom stereocenters. The van der Waals surface area contributed by atoms with Crippen LogP contribution in [0.1, 0.15) is 16.1 Å². The van der Waals surface area contributed by atoms with Crippen molar-refractivity contribution in [1.82, 2.24) is 35.7 Å². The first-order valence-electron chi connectivity index (χ1n) is 9.96. The van der Waals surface area contributed by atoms with E-state index in [1.807, 2.05) is 23.6 Å². The van der Waals surface area contributed by atoms with E-state index in [-0.39, 0.29) is 5.91 Å². The average molecular weight is 437 g/mol. The van der Waals surface area contributed by atoms with Gasteiger partial charge in [0.15, 0.2) is 5.82 Å². The molecule has 11 heteroatoms. The third-order valence-corrected chi connectivity index (χ3v) is 5.87. The lowest BCUT2D eigenvalue weighted by Gasteiger charge is -2.28. The van der Waals surface area contributed by atoms with Gasteiger partial charge in [0.25, 0.3) is 5.91 Å². The molecular weight excluding hydrogens is 416 g/mol. The lowest BCUT2D eigenvalue weighted by Crippen LogP contribution is -2.37. The van der Waals surface area contributed by atoms with Crippen LogP contribution in [0.25, 0.3) is 21.7 Å². The number of hydrogen-bond donors (Lipinski definition) is 2. The van der Waals surface area contributed by atoms with E-state index in [0.29, 0.717) is 56.4 Å². The number of morpholine rings is 1. The summed E-state index contributed by atoms with van der Waals surface area (Å²) in [5.74, 6) is 1.14. The Morgan fingerprint density at radius 3 is 2.94 bits per heavy atom. The maximum absolute atomic E-state index is 13.0. The minimum absolute atomic E-state index is 0.154. The van der Waals surface area contributed by atoms with Crippen LogP contribution in [0.15, 0.2) is 36.0 Å². The van der Waals surface area contributed by atoms with Crippen molar-refractivity contribution >= 4 is 33.3 Å². The number of anilines is 1. The first kappa shape index (κ1) is 19.5. The molecule has 4 aromatic heterocycles. The first-order valence-corrected chi connectivity index (χ1v) is 10.8. The zero-order chi connectivity index (χ0) is 21.0. The van der Waals surface area contributed by atoms with E-state index in [4.69, 9.17) is 14.7 Å². The molecule has 0 bridgehead atoms. The number of carbonyl (C=O) groups is 1. The van der Waals surface area contributed by atoms with Gasteiger partial charge in [-0.15, -0.1) is 11.3 Å². The first-order chi connectivity index (χ1) is 15.3. The van der Waals surface area contributed by atoms with Crippen LogP contribution in [0.3, 0.4) is 0 Å². The van der Waals surface area contributed by atoms with Gasteiger partial charge in [0, 0.05) is 37.6 Å². The highest BCUT2D eigenvalue weighted by Gasteiger charge is 2.24. The lowest BCUT2D eigenvalue weighted by atomic mass is 10.2. The van der Waals surface area contributed by atoms with Crippen LogP contribution >= 0.6 is 11.3 Å². The summed E-state index contributed by atoms with van der Waals surface area (Å²) >= 11 is 1.44. The van der Waals surface area contributed by atoms with Crippen molar-refractivity contribution in [2.75, 3.05) is 37.7 Å². The van der Waals surface area contributed by atoms with Crippen molar-refractivity contribution in [1.29, 1.82) is 0 Å². The van der Waals surface area contributed by atoms with Crippen molar-refractivity contribution < 1.29 is 9.53 Å². The van der Waals surface area contributed by atoms with Gasteiger partial charge in [0.1, 0.15) is 16.3 Å². The fourth-order valence-corrected chi connectivity index (χ4v) is 4.36. The second-order valence-electron chi connectivity index (χ2n) is 6.98. The van der Waals surface area contributed by atoms with Gasteiger partial charge in [-0.3, -0.25) is 9.78 Å². The average Bonchev–Trinajstić information content (AvgIpc) is 3.49. The molecule has 1 fully saturated rings. The Kier molecular flexibility index (Phi) is 5.50. The van der Waals surface area contributed by atoms with Gasteiger partial charge >= 0.3 is 0 Å². The van der Waals surface area contributed by atoms with E-state index in [0.717, 1.165) is 21.7 Å². The monoisotopic (exact) mass is 436 g/mol. The fraction of sp³-hybridized carbons (Fsp3) is 0.300. The smallest absolute Gasteiger partial charge is 0.252 e. The third-order valence-electron chi connectivity index (χ3n) is 5.00. The summed E-state index contributed by atoms with van der Waals surface area (Å²) in [7, 11) is 0. The van der Waals surface area contributed by atoms with Crippen molar-refractivity contribution in [2.45, 2.75) is 6.42 Å². The molecule has 0 aromatic carbocycles. The van der Waals surface area contributed by atoms with Gasteiger partial charge < -0.3 is 15.0 Å². The van der Waals surface area contributed by atoms with Crippen molar-refractivity contribution in [3.8, 4) is 11.5 Å². The molecule has 0 radical (unpaired) electrons. The normalized spacial score (nSPS) is 14.1. The number of aromatic amines is 1. The van der Waals surface area contributed by atoms with E-state index >= 15 is 0 Å². The molecule has 31 heavy (non-hydrogen) atoms. The molecule has 1 aliphatic heterocycles. The molecule has 1 aliphatic rings. The Labute approximate surface area is 181 Å². The third kappa shape index (κ3) is 4.09. The number of pyridine rings is 1. The van der Waals surface area contributed by atoms with E-state index < -0.39 is 0 Å². The predicted molar refractivity (Wildman–Crippen MR) is 116 cm³/mol. The summed E-state index contributed by atoms with van der Waals surface area (Å²) in [5, 5.41) is 15.9. The van der Waals surface area contributed by atoms with Gasteiger partial charge in [-0.25, -0.2) is 9.97 Å². The van der Waals surface area contributed by atoms with E-state index in [1.54, 1.807) is 12.4 Å². The van der Waals surface area contributed by atoms with Gasteiger partial charge in [-0.2, -0.15) is 15.4 Å². The van der Waals surface area contributed by atoms with Crippen molar-refractivity contribution in [2.24, 2.45) is 0 Å². The number of nitrogens with one attached hydrogen (secondary N) is 2. The summed E-state index contributed by atoms with van der Waals surface area (Å²) < 4.78 is 5.51. The molecule has 1 saturated heterocycles. The topological polar surface area (TPSA) is 122 Å². The van der Waals surface area contributed by atoms with E-state index in [1.165, 1.54) is 11.3 Å². The molecule has 0 aliphatic carbocycles. The van der Waals surface area contributed by atoms with E-state index in [2.05, 4.69) is 30.6 Å².